The van der Waals surface area contributed by atoms with Crippen LogP contribution in [0.25, 0.3) is 10.9 Å². The quantitative estimate of drug-likeness (QED) is 0.752. The van der Waals surface area contributed by atoms with Crippen LogP contribution in [-0.4, -0.2) is 23.5 Å². The molecule has 2 nitrogen and oxygen atoms in total. The molecule has 3 rings (SSSR count). The van der Waals surface area contributed by atoms with E-state index in [0.717, 1.165) is 35.9 Å². The Morgan fingerprint density at radius 3 is 3.06 bits per heavy atom. The summed E-state index contributed by atoms with van der Waals surface area (Å²) in [4.78, 5) is 6.81. The van der Waals surface area contributed by atoms with Gasteiger partial charge in [0.15, 0.2) is 0 Å². The Labute approximate surface area is 114 Å². The Morgan fingerprint density at radius 2 is 2.28 bits per heavy atom. The third-order valence-electron chi connectivity index (χ3n) is 3.56. The maximum atomic E-state index is 13.9. The minimum absolute atomic E-state index is 0.226. The van der Waals surface area contributed by atoms with Crippen LogP contribution in [0.3, 0.4) is 0 Å². The number of nitrogens with zero attached hydrogens (tertiary/aromatic N) is 2. The largest absolute Gasteiger partial charge is 0.302 e. The smallest absolute Gasteiger partial charge is 0.149 e. The van der Waals surface area contributed by atoms with Gasteiger partial charge in [0, 0.05) is 35.9 Å². The number of hydrogen-bond donors (Lipinski definition) is 0. The fraction of sp³-hybridized carbons (Fsp3) is 0.357. The Kier molecular flexibility index (Phi) is 3.08. The Bertz CT molecular complexity index is 612. The van der Waals surface area contributed by atoms with Gasteiger partial charge >= 0.3 is 0 Å². The number of benzene rings is 1. The predicted octanol–water partition coefficient (Wildman–Crippen LogP) is 3.26. The summed E-state index contributed by atoms with van der Waals surface area (Å²) in [6.07, 6.45) is 0.899. The monoisotopic (exact) mass is 308 g/mol. The molecular formula is C14H14BrFN2. The molecule has 0 aliphatic carbocycles. The van der Waals surface area contributed by atoms with Crippen LogP contribution in [0.1, 0.15) is 16.8 Å². The predicted molar refractivity (Wildman–Crippen MR) is 74.4 cm³/mol. The summed E-state index contributed by atoms with van der Waals surface area (Å²) in [7, 11) is 2.11. The van der Waals surface area contributed by atoms with Gasteiger partial charge < -0.3 is 4.90 Å². The van der Waals surface area contributed by atoms with Crippen LogP contribution in [-0.2, 0) is 18.3 Å². The summed E-state index contributed by atoms with van der Waals surface area (Å²) in [6.45, 7) is 1.89. The van der Waals surface area contributed by atoms with Crippen LogP contribution in [0.4, 0.5) is 4.39 Å². The molecule has 0 unspecified atom stereocenters. The Hall–Kier alpha value is -1.000. The summed E-state index contributed by atoms with van der Waals surface area (Å²) < 4.78 is 13.9. The molecule has 1 aliphatic rings. The van der Waals surface area contributed by atoms with E-state index in [0.29, 0.717) is 5.52 Å². The average molecular weight is 309 g/mol. The molecule has 0 fully saturated rings. The average Bonchev–Trinajstić information content (AvgIpc) is 2.37. The van der Waals surface area contributed by atoms with E-state index in [9.17, 15) is 4.39 Å². The van der Waals surface area contributed by atoms with Gasteiger partial charge in [0.05, 0.1) is 0 Å². The minimum Gasteiger partial charge on any atom is -0.302 e. The number of likely N-dealkylation sites (N-methyl/N-ethyl adjacent to an activating group) is 1. The van der Waals surface area contributed by atoms with Crippen molar-refractivity contribution in [3.8, 4) is 0 Å². The zero-order valence-electron chi connectivity index (χ0n) is 10.2. The number of fused-ring (bicyclic) bond motifs is 2. The van der Waals surface area contributed by atoms with Crippen molar-refractivity contribution in [3.05, 3.63) is 40.8 Å². The lowest BCUT2D eigenvalue weighted by Crippen LogP contribution is -2.28. The number of alkyl halides is 1. The molecule has 1 aliphatic heterocycles. The van der Waals surface area contributed by atoms with Crippen molar-refractivity contribution in [2.75, 3.05) is 13.6 Å². The minimum atomic E-state index is -0.226. The van der Waals surface area contributed by atoms with E-state index in [1.807, 2.05) is 6.07 Å². The molecule has 0 N–H and O–H groups in total. The molecule has 2 aromatic rings. The zero-order chi connectivity index (χ0) is 12.7. The molecule has 94 valence electrons. The van der Waals surface area contributed by atoms with Crippen molar-refractivity contribution in [2.24, 2.45) is 0 Å². The van der Waals surface area contributed by atoms with Gasteiger partial charge in [0.2, 0.25) is 0 Å². The summed E-state index contributed by atoms with van der Waals surface area (Å²) >= 11 is 3.53. The highest BCUT2D eigenvalue weighted by molar-refractivity contribution is 9.08. The highest BCUT2D eigenvalue weighted by Crippen LogP contribution is 2.30. The normalized spacial score (nSPS) is 15.9. The van der Waals surface area contributed by atoms with E-state index in [1.54, 1.807) is 6.07 Å². The molecular weight excluding hydrogens is 295 g/mol. The van der Waals surface area contributed by atoms with Gasteiger partial charge in [-0.3, -0.25) is 0 Å². The second kappa shape index (κ2) is 4.59. The molecule has 0 amide bonds. The van der Waals surface area contributed by atoms with Gasteiger partial charge in [-0.1, -0.05) is 28.1 Å². The summed E-state index contributed by atoms with van der Waals surface area (Å²) in [5.74, 6) is -0.226. The number of rotatable bonds is 1. The van der Waals surface area contributed by atoms with Gasteiger partial charge in [-0.2, -0.15) is 0 Å². The fourth-order valence-corrected chi connectivity index (χ4v) is 3.24. The first-order valence-corrected chi connectivity index (χ1v) is 7.16. The van der Waals surface area contributed by atoms with E-state index in [4.69, 9.17) is 0 Å². The number of pyridine rings is 1. The van der Waals surface area contributed by atoms with E-state index >= 15 is 0 Å². The summed E-state index contributed by atoms with van der Waals surface area (Å²) in [6, 6.07) is 5.19. The zero-order valence-corrected chi connectivity index (χ0v) is 11.8. The van der Waals surface area contributed by atoms with Gasteiger partial charge in [-0.05, 0) is 24.2 Å². The van der Waals surface area contributed by atoms with Crippen LogP contribution >= 0.6 is 15.9 Å². The van der Waals surface area contributed by atoms with Crippen LogP contribution in [0.2, 0.25) is 0 Å². The highest BCUT2D eigenvalue weighted by Gasteiger charge is 2.20. The first-order valence-electron chi connectivity index (χ1n) is 6.04. The van der Waals surface area contributed by atoms with E-state index in [1.165, 1.54) is 17.2 Å². The molecule has 18 heavy (non-hydrogen) atoms. The van der Waals surface area contributed by atoms with Gasteiger partial charge in [-0.25, -0.2) is 9.37 Å². The van der Waals surface area contributed by atoms with E-state index in [2.05, 4.69) is 32.9 Å². The van der Waals surface area contributed by atoms with Gasteiger partial charge in [0.25, 0.3) is 0 Å². The number of hydrogen-bond acceptors (Lipinski definition) is 2. The molecule has 0 atom stereocenters. The van der Waals surface area contributed by atoms with E-state index < -0.39 is 0 Å². The third-order valence-corrected chi connectivity index (χ3v) is 4.12. The number of para-hydroxylation sites is 1. The van der Waals surface area contributed by atoms with Crippen molar-refractivity contribution >= 4 is 26.8 Å². The van der Waals surface area contributed by atoms with Crippen molar-refractivity contribution in [1.29, 1.82) is 0 Å². The molecule has 0 bridgehead atoms. The number of aromatic nitrogens is 1. The summed E-state index contributed by atoms with van der Waals surface area (Å²) in [5, 5.41) is 1.67. The molecule has 4 heteroatoms. The molecule has 0 saturated carbocycles. The maximum absolute atomic E-state index is 13.9. The third kappa shape index (κ3) is 1.84. The van der Waals surface area contributed by atoms with Gasteiger partial charge in [0.1, 0.15) is 11.3 Å². The van der Waals surface area contributed by atoms with Gasteiger partial charge in [-0.15, -0.1) is 0 Å². The highest BCUT2D eigenvalue weighted by atomic mass is 79.9. The SMILES string of the molecule is CN1CCc2nc3c(F)cccc3c(CBr)c2C1. The molecule has 2 heterocycles. The second-order valence-corrected chi connectivity index (χ2v) is 5.33. The maximum Gasteiger partial charge on any atom is 0.149 e. The molecule has 0 spiro atoms. The van der Waals surface area contributed by atoms with Crippen LogP contribution in [0.15, 0.2) is 18.2 Å². The van der Waals surface area contributed by atoms with Crippen LogP contribution in [0.5, 0.6) is 0 Å². The Balaban J connectivity index is 2.34. The lowest BCUT2D eigenvalue weighted by molar-refractivity contribution is 0.309. The first kappa shape index (κ1) is 12.1. The summed E-state index contributed by atoms with van der Waals surface area (Å²) in [5.41, 5.74) is 4.01. The number of halogens is 2. The standard InChI is InChI=1S/C14H14BrFN2/c1-18-6-5-13-11(8-18)10(7-15)9-3-2-4-12(16)14(9)17-13/h2-4H,5-8H2,1H3. The topological polar surface area (TPSA) is 16.1 Å². The molecule has 1 aromatic heterocycles. The molecule has 0 saturated heterocycles. The first-order chi connectivity index (χ1) is 8.70. The lowest BCUT2D eigenvalue weighted by atomic mass is 9.97. The Morgan fingerprint density at radius 1 is 1.44 bits per heavy atom. The fourth-order valence-electron chi connectivity index (χ4n) is 2.60. The second-order valence-electron chi connectivity index (χ2n) is 4.77. The molecule has 1 aromatic carbocycles. The molecule has 0 radical (unpaired) electrons. The van der Waals surface area contributed by atoms with Crippen LogP contribution in [0, 0.1) is 5.82 Å². The van der Waals surface area contributed by atoms with Crippen LogP contribution < -0.4 is 0 Å². The van der Waals surface area contributed by atoms with Crippen molar-refractivity contribution < 1.29 is 4.39 Å². The van der Waals surface area contributed by atoms with Crippen molar-refractivity contribution in [1.82, 2.24) is 9.88 Å². The lowest BCUT2D eigenvalue weighted by Gasteiger charge is -2.27. The van der Waals surface area contributed by atoms with E-state index in [-0.39, 0.29) is 5.82 Å². The van der Waals surface area contributed by atoms with Crippen molar-refractivity contribution in [3.63, 3.8) is 0 Å². The van der Waals surface area contributed by atoms with Crippen molar-refractivity contribution in [2.45, 2.75) is 18.3 Å².